The van der Waals surface area contributed by atoms with Gasteiger partial charge in [0.25, 0.3) is 0 Å². The van der Waals surface area contributed by atoms with Gasteiger partial charge in [0, 0.05) is 42.3 Å². The highest BCUT2D eigenvalue weighted by molar-refractivity contribution is 7.99. The van der Waals surface area contributed by atoms with Gasteiger partial charge in [0.05, 0.1) is 29.1 Å². The Hall–Kier alpha value is -2.40. The lowest BCUT2D eigenvalue weighted by Gasteiger charge is -2.42. The van der Waals surface area contributed by atoms with Crippen LogP contribution >= 0.6 is 23.4 Å². The van der Waals surface area contributed by atoms with Crippen LogP contribution in [0.5, 0.6) is 0 Å². The van der Waals surface area contributed by atoms with Crippen molar-refractivity contribution in [3.63, 3.8) is 0 Å². The molecule has 1 saturated heterocycles. The van der Waals surface area contributed by atoms with E-state index in [1.54, 1.807) is 12.3 Å². The molecular weight excluding hydrogens is 448 g/mol. The number of aryl methyl sites for hydroxylation is 1. The zero-order chi connectivity index (χ0) is 22.5. The van der Waals surface area contributed by atoms with Gasteiger partial charge in [-0.05, 0) is 31.9 Å². The van der Waals surface area contributed by atoms with Crippen LogP contribution in [0.1, 0.15) is 36.0 Å². The quantitative estimate of drug-likeness (QED) is 0.523. The number of nitrogens with two attached hydrogens (primary N) is 2. The number of hydrogen-bond donors (Lipinski definition) is 3. The van der Waals surface area contributed by atoms with Crippen LogP contribution in [0.15, 0.2) is 34.4 Å². The predicted octanol–water partition coefficient (Wildman–Crippen LogP) is 2.56. The Morgan fingerprint density at radius 1 is 1.25 bits per heavy atom. The first-order chi connectivity index (χ1) is 15.4. The van der Waals surface area contributed by atoms with E-state index in [0.717, 1.165) is 54.6 Å². The van der Waals surface area contributed by atoms with Crippen molar-refractivity contribution in [2.24, 2.45) is 11.1 Å². The third kappa shape index (κ3) is 3.51. The van der Waals surface area contributed by atoms with E-state index in [9.17, 15) is 5.11 Å². The van der Waals surface area contributed by atoms with Crippen molar-refractivity contribution in [2.75, 3.05) is 23.7 Å². The van der Waals surface area contributed by atoms with Gasteiger partial charge in [-0.2, -0.15) is 5.10 Å². The molecule has 32 heavy (non-hydrogen) atoms. The fraction of sp³-hybridized carbons (Fsp3) is 0.429. The molecule has 11 heteroatoms. The average Bonchev–Trinajstić information content (AvgIpc) is 3.34. The van der Waals surface area contributed by atoms with Crippen LogP contribution in [0.25, 0.3) is 0 Å². The topological polar surface area (TPSA) is 132 Å². The van der Waals surface area contributed by atoms with Crippen molar-refractivity contribution in [1.82, 2.24) is 24.7 Å². The molecule has 5 N–H and O–H groups in total. The molecular formula is C21H25ClN8OS. The lowest BCUT2D eigenvalue weighted by molar-refractivity contribution is 0.170. The number of aliphatic hydroxyl groups is 1. The number of aromatic nitrogens is 5. The number of aliphatic hydroxyl groups excluding tert-OH is 1. The van der Waals surface area contributed by atoms with E-state index >= 15 is 0 Å². The van der Waals surface area contributed by atoms with E-state index in [0.29, 0.717) is 15.7 Å². The van der Waals surface area contributed by atoms with Crippen LogP contribution in [0, 0.1) is 12.3 Å². The molecule has 0 amide bonds. The minimum atomic E-state index is -0.196. The van der Waals surface area contributed by atoms with E-state index in [-0.39, 0.29) is 23.9 Å². The van der Waals surface area contributed by atoms with Gasteiger partial charge in [-0.3, -0.25) is 4.68 Å². The monoisotopic (exact) mass is 472 g/mol. The average molecular weight is 473 g/mol. The Morgan fingerprint density at radius 3 is 2.75 bits per heavy atom. The molecule has 0 bridgehead atoms. The molecule has 2 aliphatic rings. The van der Waals surface area contributed by atoms with Crippen molar-refractivity contribution >= 4 is 35.0 Å². The van der Waals surface area contributed by atoms with Crippen LogP contribution in [0.3, 0.4) is 0 Å². The molecule has 0 saturated carbocycles. The largest absolute Gasteiger partial charge is 0.390 e. The van der Waals surface area contributed by atoms with Gasteiger partial charge in [-0.1, -0.05) is 23.4 Å². The molecule has 3 aromatic heterocycles. The number of hydrogen-bond acceptors (Lipinski definition) is 9. The first-order valence-corrected chi connectivity index (χ1v) is 11.7. The van der Waals surface area contributed by atoms with Crippen LogP contribution in [0.4, 0.5) is 11.6 Å². The molecule has 1 fully saturated rings. The maximum absolute atomic E-state index is 10.0. The zero-order valence-corrected chi connectivity index (χ0v) is 19.3. The number of nitrogen functional groups attached to an aromatic ring is 1. The molecule has 1 spiro atoms. The Balaban J connectivity index is 1.36. The number of rotatable bonds is 4. The van der Waals surface area contributed by atoms with Crippen molar-refractivity contribution < 1.29 is 5.11 Å². The fourth-order valence-corrected chi connectivity index (χ4v) is 5.80. The molecule has 5 rings (SSSR count). The second-order valence-electron chi connectivity index (χ2n) is 8.39. The molecule has 0 aliphatic carbocycles. The van der Waals surface area contributed by atoms with E-state index in [4.69, 9.17) is 33.0 Å². The highest BCUT2D eigenvalue weighted by atomic mass is 35.5. The van der Waals surface area contributed by atoms with E-state index < -0.39 is 0 Å². The number of pyridine rings is 1. The molecule has 2 aliphatic heterocycles. The lowest BCUT2D eigenvalue weighted by Crippen LogP contribution is -2.45. The Morgan fingerprint density at radius 2 is 2.03 bits per heavy atom. The molecule has 168 valence electrons. The van der Waals surface area contributed by atoms with E-state index in [2.05, 4.69) is 15.0 Å². The zero-order valence-electron chi connectivity index (χ0n) is 17.7. The van der Waals surface area contributed by atoms with Crippen molar-refractivity contribution in [2.45, 2.75) is 48.9 Å². The number of halogens is 1. The normalized spacial score (nSPS) is 19.5. The van der Waals surface area contributed by atoms with Crippen LogP contribution in [0.2, 0.25) is 5.02 Å². The van der Waals surface area contributed by atoms with E-state index in [1.807, 2.05) is 23.9 Å². The Kier molecular flexibility index (Phi) is 5.48. The van der Waals surface area contributed by atoms with Crippen molar-refractivity contribution in [3.8, 4) is 0 Å². The minimum Gasteiger partial charge on any atom is -0.390 e. The first kappa shape index (κ1) is 21.4. The predicted molar refractivity (Wildman–Crippen MR) is 124 cm³/mol. The van der Waals surface area contributed by atoms with Crippen molar-refractivity contribution in [1.29, 1.82) is 0 Å². The first-order valence-electron chi connectivity index (χ1n) is 10.5. The lowest BCUT2D eigenvalue weighted by atomic mass is 9.73. The van der Waals surface area contributed by atoms with Gasteiger partial charge in [0.15, 0.2) is 5.82 Å². The summed E-state index contributed by atoms with van der Waals surface area (Å²) in [7, 11) is 0. The Labute approximate surface area is 195 Å². The standard InChI is InChI=1S/C21H25ClN8OS/c1-12-20(32-15-3-6-25-18(24)16(15)22)28-13(10-31)19(27-12)29-8-4-21(5-9-29)11-30-14(17(21)23)2-7-26-30/h2-3,6-7,17,31H,4-5,8-11,23H2,1H3,(H2,24,25)/t17-/m0/s1. The molecule has 0 radical (unpaired) electrons. The summed E-state index contributed by atoms with van der Waals surface area (Å²) in [4.78, 5) is 16.5. The van der Waals surface area contributed by atoms with Gasteiger partial charge in [0.2, 0.25) is 0 Å². The van der Waals surface area contributed by atoms with Crippen LogP contribution in [-0.2, 0) is 13.2 Å². The van der Waals surface area contributed by atoms with Gasteiger partial charge in [0.1, 0.15) is 16.5 Å². The molecule has 0 unspecified atom stereocenters. The number of nitrogens with zero attached hydrogens (tertiary/aromatic N) is 6. The summed E-state index contributed by atoms with van der Waals surface area (Å²) in [5.74, 6) is 1.00. The highest BCUT2D eigenvalue weighted by Crippen LogP contribution is 2.48. The molecule has 9 nitrogen and oxygen atoms in total. The van der Waals surface area contributed by atoms with Gasteiger partial charge >= 0.3 is 0 Å². The second-order valence-corrected chi connectivity index (χ2v) is 9.80. The summed E-state index contributed by atoms with van der Waals surface area (Å²) >= 11 is 7.66. The van der Waals surface area contributed by atoms with Gasteiger partial charge in [-0.15, -0.1) is 0 Å². The minimum absolute atomic E-state index is 0.00592. The fourth-order valence-electron chi connectivity index (χ4n) is 4.69. The summed E-state index contributed by atoms with van der Waals surface area (Å²) in [6.45, 7) is 4.18. The smallest absolute Gasteiger partial charge is 0.153 e. The maximum Gasteiger partial charge on any atom is 0.153 e. The molecule has 5 heterocycles. The maximum atomic E-state index is 10.0. The van der Waals surface area contributed by atoms with Crippen molar-refractivity contribution in [3.05, 3.63) is 46.6 Å². The Bertz CT molecular complexity index is 1160. The van der Waals surface area contributed by atoms with Crippen LogP contribution in [-0.4, -0.2) is 42.9 Å². The van der Waals surface area contributed by atoms with Gasteiger partial charge < -0.3 is 21.5 Å². The third-order valence-corrected chi connectivity index (χ3v) is 8.22. The highest BCUT2D eigenvalue weighted by Gasteiger charge is 2.47. The number of piperidine rings is 1. The van der Waals surface area contributed by atoms with E-state index in [1.165, 1.54) is 11.8 Å². The summed E-state index contributed by atoms with van der Waals surface area (Å²) < 4.78 is 2.03. The SMILES string of the molecule is Cc1nc(N2CCC3(CC2)Cn2nccc2[C@@H]3N)c(CO)nc1Sc1ccnc(N)c1Cl. The number of fused-ring (bicyclic) bond motifs is 1. The molecule has 3 aromatic rings. The second kappa shape index (κ2) is 8.18. The summed E-state index contributed by atoms with van der Waals surface area (Å²) in [5, 5.41) is 15.5. The molecule has 0 aromatic carbocycles. The molecule has 1 atom stereocenters. The summed E-state index contributed by atoms with van der Waals surface area (Å²) in [6.07, 6.45) is 5.30. The third-order valence-electron chi connectivity index (χ3n) is 6.57. The van der Waals surface area contributed by atoms with Crippen LogP contribution < -0.4 is 16.4 Å². The summed E-state index contributed by atoms with van der Waals surface area (Å²) in [5.41, 5.74) is 14.9. The van der Waals surface area contributed by atoms with Gasteiger partial charge in [-0.25, -0.2) is 15.0 Å². The number of anilines is 2. The summed E-state index contributed by atoms with van der Waals surface area (Å²) in [6, 6.07) is 3.80.